The van der Waals surface area contributed by atoms with Gasteiger partial charge in [0.1, 0.15) is 5.75 Å². The SMILES string of the molecule is COc1ccc(CNC(=O)NCc2cccc(Oc3ccccn3)c2)cc1OC. The minimum Gasteiger partial charge on any atom is -0.493 e. The van der Waals surface area contributed by atoms with Crippen LogP contribution in [-0.2, 0) is 13.1 Å². The molecule has 29 heavy (non-hydrogen) atoms. The molecule has 0 aliphatic rings. The Bertz CT molecular complexity index is 948. The lowest BCUT2D eigenvalue weighted by atomic mass is 10.2. The minimum absolute atomic E-state index is 0.268. The smallest absolute Gasteiger partial charge is 0.315 e. The summed E-state index contributed by atoms with van der Waals surface area (Å²) in [6, 6.07) is 18.2. The summed E-state index contributed by atoms with van der Waals surface area (Å²) in [5, 5.41) is 5.66. The standard InChI is InChI=1S/C22H23N3O4/c1-27-19-10-9-17(13-20(19)28-2)15-25-22(26)24-14-16-6-5-7-18(12-16)29-21-8-3-4-11-23-21/h3-13H,14-15H2,1-2H3,(H2,24,25,26). The van der Waals surface area contributed by atoms with E-state index in [1.54, 1.807) is 32.5 Å². The number of aromatic nitrogens is 1. The molecule has 1 heterocycles. The number of carbonyl (C=O) groups is 1. The van der Waals surface area contributed by atoms with Crippen LogP contribution in [0.2, 0.25) is 0 Å². The number of ether oxygens (including phenoxy) is 3. The number of rotatable bonds is 8. The minimum atomic E-state index is -0.268. The van der Waals surface area contributed by atoms with Crippen LogP contribution in [0.3, 0.4) is 0 Å². The zero-order valence-corrected chi connectivity index (χ0v) is 16.3. The number of hydrogen-bond donors (Lipinski definition) is 2. The molecule has 3 aromatic rings. The maximum absolute atomic E-state index is 12.1. The van der Waals surface area contributed by atoms with E-state index in [0.29, 0.717) is 36.2 Å². The van der Waals surface area contributed by atoms with Gasteiger partial charge in [-0.3, -0.25) is 0 Å². The van der Waals surface area contributed by atoms with Crippen molar-refractivity contribution in [2.45, 2.75) is 13.1 Å². The first-order chi connectivity index (χ1) is 14.2. The molecule has 0 aliphatic heterocycles. The van der Waals surface area contributed by atoms with Crippen molar-refractivity contribution in [2.24, 2.45) is 0 Å². The van der Waals surface area contributed by atoms with Crippen molar-refractivity contribution in [2.75, 3.05) is 14.2 Å². The molecule has 0 spiro atoms. The maximum atomic E-state index is 12.1. The molecule has 0 radical (unpaired) electrons. The van der Waals surface area contributed by atoms with Crippen LogP contribution < -0.4 is 24.8 Å². The normalized spacial score (nSPS) is 10.1. The summed E-state index contributed by atoms with van der Waals surface area (Å²) in [4.78, 5) is 16.3. The van der Waals surface area contributed by atoms with E-state index in [2.05, 4.69) is 15.6 Å². The summed E-state index contributed by atoms with van der Waals surface area (Å²) in [6.07, 6.45) is 1.67. The highest BCUT2D eigenvalue weighted by atomic mass is 16.5. The average Bonchev–Trinajstić information content (AvgIpc) is 2.77. The van der Waals surface area contributed by atoms with Gasteiger partial charge in [-0.2, -0.15) is 0 Å². The molecule has 150 valence electrons. The molecule has 0 unspecified atom stereocenters. The summed E-state index contributed by atoms with van der Waals surface area (Å²) >= 11 is 0. The Labute approximate surface area is 169 Å². The summed E-state index contributed by atoms with van der Waals surface area (Å²) < 4.78 is 16.2. The van der Waals surface area contributed by atoms with Gasteiger partial charge < -0.3 is 24.8 Å². The van der Waals surface area contributed by atoms with E-state index in [1.807, 2.05) is 48.5 Å². The largest absolute Gasteiger partial charge is 0.493 e. The van der Waals surface area contributed by atoms with Crippen LogP contribution in [0.25, 0.3) is 0 Å². The van der Waals surface area contributed by atoms with Gasteiger partial charge in [-0.25, -0.2) is 9.78 Å². The third-order valence-electron chi connectivity index (χ3n) is 4.11. The van der Waals surface area contributed by atoms with E-state index in [-0.39, 0.29) is 6.03 Å². The quantitative estimate of drug-likeness (QED) is 0.607. The van der Waals surface area contributed by atoms with Gasteiger partial charge in [-0.15, -0.1) is 0 Å². The molecule has 1 aromatic heterocycles. The predicted molar refractivity (Wildman–Crippen MR) is 109 cm³/mol. The van der Waals surface area contributed by atoms with Crippen molar-refractivity contribution in [3.05, 3.63) is 78.0 Å². The molecule has 0 bridgehead atoms. The van der Waals surface area contributed by atoms with Crippen molar-refractivity contribution in [1.82, 2.24) is 15.6 Å². The number of carbonyl (C=O) groups excluding carboxylic acids is 1. The monoisotopic (exact) mass is 393 g/mol. The van der Waals surface area contributed by atoms with Gasteiger partial charge in [-0.1, -0.05) is 24.3 Å². The third-order valence-corrected chi connectivity index (χ3v) is 4.11. The second kappa shape index (κ2) is 9.98. The summed E-state index contributed by atoms with van der Waals surface area (Å²) in [7, 11) is 3.16. The maximum Gasteiger partial charge on any atom is 0.315 e. The van der Waals surface area contributed by atoms with Gasteiger partial charge in [0.25, 0.3) is 0 Å². The lowest BCUT2D eigenvalue weighted by Crippen LogP contribution is -2.34. The van der Waals surface area contributed by atoms with Crippen molar-refractivity contribution in [1.29, 1.82) is 0 Å². The highest BCUT2D eigenvalue weighted by Gasteiger charge is 2.07. The first kappa shape index (κ1) is 20.0. The Morgan fingerprint density at radius 2 is 1.62 bits per heavy atom. The van der Waals surface area contributed by atoms with Crippen LogP contribution in [0.1, 0.15) is 11.1 Å². The van der Waals surface area contributed by atoms with Crippen LogP contribution in [0.15, 0.2) is 66.9 Å². The zero-order valence-electron chi connectivity index (χ0n) is 16.3. The number of nitrogens with one attached hydrogen (secondary N) is 2. The molecular formula is C22H23N3O4. The summed E-state index contributed by atoms with van der Waals surface area (Å²) in [5.41, 5.74) is 1.82. The molecule has 2 aromatic carbocycles. The number of amides is 2. The molecule has 2 N–H and O–H groups in total. The van der Waals surface area contributed by atoms with E-state index in [4.69, 9.17) is 14.2 Å². The molecular weight excluding hydrogens is 370 g/mol. The van der Waals surface area contributed by atoms with Gasteiger partial charge in [0, 0.05) is 25.4 Å². The Morgan fingerprint density at radius 3 is 2.31 bits per heavy atom. The number of hydrogen-bond acceptors (Lipinski definition) is 5. The number of benzene rings is 2. The molecule has 0 aliphatic carbocycles. The number of pyridine rings is 1. The highest BCUT2D eigenvalue weighted by molar-refractivity contribution is 5.73. The van der Waals surface area contributed by atoms with Gasteiger partial charge in [0.05, 0.1) is 14.2 Å². The van der Waals surface area contributed by atoms with Crippen LogP contribution in [0.5, 0.6) is 23.1 Å². The van der Waals surface area contributed by atoms with E-state index >= 15 is 0 Å². The fourth-order valence-electron chi connectivity index (χ4n) is 2.66. The van der Waals surface area contributed by atoms with Gasteiger partial charge in [-0.05, 0) is 41.5 Å². The molecule has 2 amide bonds. The van der Waals surface area contributed by atoms with Crippen LogP contribution in [-0.4, -0.2) is 25.2 Å². The Morgan fingerprint density at radius 1 is 0.862 bits per heavy atom. The van der Waals surface area contributed by atoms with E-state index in [1.165, 1.54) is 0 Å². The Balaban J connectivity index is 1.50. The van der Waals surface area contributed by atoms with E-state index in [0.717, 1.165) is 11.1 Å². The van der Waals surface area contributed by atoms with Gasteiger partial charge in [0.15, 0.2) is 11.5 Å². The van der Waals surface area contributed by atoms with Crippen LogP contribution in [0.4, 0.5) is 4.79 Å². The van der Waals surface area contributed by atoms with Crippen molar-refractivity contribution >= 4 is 6.03 Å². The fourth-order valence-corrected chi connectivity index (χ4v) is 2.66. The predicted octanol–water partition coefficient (Wildman–Crippen LogP) is 3.89. The lowest BCUT2D eigenvalue weighted by molar-refractivity contribution is 0.240. The molecule has 7 nitrogen and oxygen atoms in total. The number of nitrogens with zero attached hydrogens (tertiary/aromatic N) is 1. The van der Waals surface area contributed by atoms with E-state index in [9.17, 15) is 4.79 Å². The summed E-state index contributed by atoms with van der Waals surface area (Å²) in [5.74, 6) is 2.45. The molecule has 7 heteroatoms. The highest BCUT2D eigenvalue weighted by Crippen LogP contribution is 2.27. The Kier molecular flexibility index (Phi) is 6.89. The first-order valence-electron chi connectivity index (χ1n) is 9.08. The second-order valence-corrected chi connectivity index (χ2v) is 6.14. The first-order valence-corrected chi connectivity index (χ1v) is 9.08. The average molecular weight is 393 g/mol. The zero-order chi connectivity index (χ0) is 20.5. The second-order valence-electron chi connectivity index (χ2n) is 6.14. The lowest BCUT2D eigenvalue weighted by Gasteiger charge is -2.11. The van der Waals surface area contributed by atoms with Gasteiger partial charge >= 0.3 is 6.03 Å². The molecule has 3 rings (SSSR count). The summed E-state index contributed by atoms with van der Waals surface area (Å²) in [6.45, 7) is 0.742. The van der Waals surface area contributed by atoms with Crippen LogP contribution >= 0.6 is 0 Å². The Hall–Kier alpha value is -3.74. The molecule has 0 saturated carbocycles. The molecule has 0 fully saturated rings. The van der Waals surface area contributed by atoms with Crippen LogP contribution in [0, 0.1) is 0 Å². The van der Waals surface area contributed by atoms with Crippen molar-refractivity contribution in [3.8, 4) is 23.1 Å². The number of urea groups is 1. The molecule has 0 atom stereocenters. The molecule has 0 saturated heterocycles. The fraction of sp³-hybridized carbons (Fsp3) is 0.182. The van der Waals surface area contributed by atoms with Gasteiger partial charge in [0.2, 0.25) is 5.88 Å². The van der Waals surface area contributed by atoms with Crippen molar-refractivity contribution in [3.63, 3.8) is 0 Å². The third kappa shape index (κ3) is 5.87. The van der Waals surface area contributed by atoms with E-state index < -0.39 is 0 Å². The van der Waals surface area contributed by atoms with Crippen molar-refractivity contribution < 1.29 is 19.0 Å². The number of methoxy groups -OCH3 is 2. The topological polar surface area (TPSA) is 81.7 Å².